The minimum atomic E-state index is -0.288. The van der Waals surface area contributed by atoms with Crippen LogP contribution in [0.2, 0.25) is 0 Å². The summed E-state index contributed by atoms with van der Waals surface area (Å²) in [4.78, 5) is 3.58. The highest BCUT2D eigenvalue weighted by atomic mass is 79.9. The summed E-state index contributed by atoms with van der Waals surface area (Å²) in [5.74, 6) is 0.456. The Balaban J connectivity index is 1.63. The fourth-order valence-corrected chi connectivity index (χ4v) is 3.11. The average molecular weight is 361 g/mol. The maximum atomic E-state index is 7.21. The predicted octanol–water partition coefficient (Wildman–Crippen LogP) is 3.22. The summed E-state index contributed by atoms with van der Waals surface area (Å²) in [6.07, 6.45) is 3.59. The molecule has 1 aromatic carbocycles. The smallest absolute Gasteiger partial charge is 0.239 e. The number of aromatic nitrogens is 2. The van der Waals surface area contributed by atoms with Crippen LogP contribution in [0, 0.1) is 6.57 Å². The van der Waals surface area contributed by atoms with Crippen LogP contribution in [0.5, 0.6) is 0 Å². The molecule has 2 N–H and O–H groups in total. The molecule has 0 atom stereocenters. The lowest BCUT2D eigenvalue weighted by Crippen LogP contribution is -2.52. The molecule has 0 unspecified atom stereocenters. The van der Waals surface area contributed by atoms with Crippen LogP contribution in [0.1, 0.15) is 18.4 Å². The third-order valence-electron chi connectivity index (χ3n) is 4.10. The molecule has 1 aliphatic carbocycles. The van der Waals surface area contributed by atoms with E-state index in [4.69, 9.17) is 17.0 Å². The molecule has 6 heteroatoms. The number of nitrogens with zero attached hydrogens (tertiary/aromatic N) is 3. The van der Waals surface area contributed by atoms with Crippen LogP contribution < -0.4 is 5.73 Å². The highest BCUT2D eigenvalue weighted by Crippen LogP contribution is 2.42. The molecule has 1 saturated carbocycles. The first-order chi connectivity index (χ1) is 10.6. The van der Waals surface area contributed by atoms with Gasteiger partial charge < -0.3 is 15.3 Å². The zero-order valence-corrected chi connectivity index (χ0v) is 13.7. The zero-order valence-electron chi connectivity index (χ0n) is 12.1. The van der Waals surface area contributed by atoms with Gasteiger partial charge in [0.2, 0.25) is 6.54 Å². The molecule has 114 valence electrons. The molecular formula is C16H17BrN4O. The van der Waals surface area contributed by atoms with Gasteiger partial charge in [0, 0.05) is 19.0 Å². The van der Waals surface area contributed by atoms with Crippen molar-refractivity contribution in [3.63, 3.8) is 0 Å². The Hall–Kier alpha value is -1.84. The fraction of sp³-hybridized carbons (Fsp3) is 0.375. The van der Waals surface area contributed by atoms with Gasteiger partial charge in [-0.15, -0.1) is 0 Å². The Labute approximate surface area is 138 Å². The minimum absolute atomic E-state index is 0.158. The Morgan fingerprint density at radius 1 is 1.41 bits per heavy atom. The van der Waals surface area contributed by atoms with E-state index in [9.17, 15) is 0 Å². The molecule has 0 aliphatic heterocycles. The number of anilines is 1. The van der Waals surface area contributed by atoms with Gasteiger partial charge in [0.15, 0.2) is 5.82 Å². The number of nitrogens with two attached hydrogens (primary N) is 1. The molecule has 0 amide bonds. The predicted molar refractivity (Wildman–Crippen MR) is 88.0 cm³/mol. The number of hydrogen-bond donors (Lipinski definition) is 1. The quantitative estimate of drug-likeness (QED) is 0.832. The van der Waals surface area contributed by atoms with Gasteiger partial charge in [-0.3, -0.25) is 4.68 Å². The van der Waals surface area contributed by atoms with Crippen molar-refractivity contribution in [1.82, 2.24) is 9.78 Å². The van der Waals surface area contributed by atoms with Gasteiger partial charge in [-0.25, -0.2) is 6.57 Å². The zero-order chi connectivity index (χ0) is 15.6. The van der Waals surface area contributed by atoms with Crippen molar-refractivity contribution in [2.45, 2.75) is 31.1 Å². The summed E-state index contributed by atoms with van der Waals surface area (Å²) in [6, 6.07) is 10.1. The van der Waals surface area contributed by atoms with Gasteiger partial charge in [0.25, 0.3) is 0 Å². The summed E-state index contributed by atoms with van der Waals surface area (Å²) >= 11 is 3.37. The second-order valence-electron chi connectivity index (χ2n) is 5.67. The van der Waals surface area contributed by atoms with E-state index in [1.165, 1.54) is 0 Å². The molecule has 1 aliphatic rings. The highest BCUT2D eigenvalue weighted by Gasteiger charge is 2.50. The van der Waals surface area contributed by atoms with Crippen LogP contribution in [0.3, 0.4) is 0 Å². The number of nitrogen functional groups attached to an aromatic ring is 1. The molecule has 0 saturated heterocycles. The van der Waals surface area contributed by atoms with Crippen molar-refractivity contribution in [3.8, 4) is 0 Å². The molecule has 0 radical (unpaired) electrons. The molecule has 22 heavy (non-hydrogen) atoms. The van der Waals surface area contributed by atoms with Crippen LogP contribution in [-0.4, -0.2) is 22.4 Å². The van der Waals surface area contributed by atoms with E-state index in [1.807, 2.05) is 29.1 Å². The SMILES string of the molecule is [C-]#[N+]CC1(n2cc(Br)c(N)n2)CC(OCc2ccccc2)C1. The molecule has 5 nitrogen and oxygen atoms in total. The molecule has 1 heterocycles. The number of rotatable bonds is 5. The van der Waals surface area contributed by atoms with Crippen molar-refractivity contribution in [2.75, 3.05) is 12.3 Å². The fourth-order valence-electron chi connectivity index (χ4n) is 2.84. The largest absolute Gasteiger partial charge is 0.381 e. The van der Waals surface area contributed by atoms with Crippen LogP contribution in [0.25, 0.3) is 4.85 Å². The molecule has 1 aromatic heterocycles. The first-order valence-corrected chi connectivity index (χ1v) is 7.92. The van der Waals surface area contributed by atoms with Gasteiger partial charge in [-0.05, 0) is 21.5 Å². The van der Waals surface area contributed by atoms with Gasteiger partial charge in [0.05, 0.1) is 17.2 Å². The molecule has 0 spiro atoms. The van der Waals surface area contributed by atoms with Crippen molar-refractivity contribution < 1.29 is 4.74 Å². The van der Waals surface area contributed by atoms with E-state index in [-0.39, 0.29) is 11.6 Å². The summed E-state index contributed by atoms with van der Waals surface area (Å²) in [5.41, 5.74) is 6.67. The Bertz CT molecular complexity index is 666. The summed E-state index contributed by atoms with van der Waals surface area (Å²) in [7, 11) is 0. The number of ether oxygens (including phenoxy) is 1. The lowest BCUT2D eigenvalue weighted by molar-refractivity contribution is -0.0789. The number of halogens is 1. The molecule has 2 aromatic rings. The van der Waals surface area contributed by atoms with E-state index in [0.717, 1.165) is 22.9 Å². The monoisotopic (exact) mass is 360 g/mol. The molecular weight excluding hydrogens is 344 g/mol. The average Bonchev–Trinajstić information content (AvgIpc) is 2.82. The van der Waals surface area contributed by atoms with Crippen LogP contribution in [-0.2, 0) is 16.9 Å². The van der Waals surface area contributed by atoms with Crippen LogP contribution in [0.4, 0.5) is 5.82 Å². The van der Waals surface area contributed by atoms with Crippen molar-refractivity contribution in [2.24, 2.45) is 0 Å². The highest BCUT2D eigenvalue weighted by molar-refractivity contribution is 9.10. The van der Waals surface area contributed by atoms with E-state index >= 15 is 0 Å². The topological polar surface area (TPSA) is 57.4 Å². The first-order valence-electron chi connectivity index (χ1n) is 7.13. The summed E-state index contributed by atoms with van der Waals surface area (Å²) < 4.78 is 8.53. The lowest BCUT2D eigenvalue weighted by atomic mass is 9.74. The normalized spacial score (nSPS) is 23.7. The molecule has 3 rings (SSSR count). The van der Waals surface area contributed by atoms with Crippen LogP contribution in [0.15, 0.2) is 41.0 Å². The van der Waals surface area contributed by atoms with E-state index in [1.54, 1.807) is 0 Å². The molecule has 0 bridgehead atoms. The number of benzene rings is 1. The third kappa shape index (κ3) is 2.87. The lowest BCUT2D eigenvalue weighted by Gasteiger charge is -2.43. The van der Waals surface area contributed by atoms with E-state index in [0.29, 0.717) is 19.0 Å². The second kappa shape index (κ2) is 6.11. The van der Waals surface area contributed by atoms with Crippen molar-refractivity contribution >= 4 is 21.7 Å². The Kier molecular flexibility index (Phi) is 4.19. The van der Waals surface area contributed by atoms with Crippen molar-refractivity contribution in [1.29, 1.82) is 0 Å². The van der Waals surface area contributed by atoms with Crippen molar-refractivity contribution in [3.05, 3.63) is 58.0 Å². The maximum Gasteiger partial charge on any atom is 0.239 e. The van der Waals surface area contributed by atoms with Crippen LogP contribution >= 0.6 is 15.9 Å². The summed E-state index contributed by atoms with van der Waals surface area (Å²) in [6.45, 7) is 8.20. The second-order valence-corrected chi connectivity index (χ2v) is 6.53. The van der Waals surface area contributed by atoms with E-state index < -0.39 is 0 Å². The van der Waals surface area contributed by atoms with Gasteiger partial charge in [0.1, 0.15) is 5.54 Å². The minimum Gasteiger partial charge on any atom is -0.381 e. The Morgan fingerprint density at radius 2 is 2.14 bits per heavy atom. The summed E-state index contributed by atoms with van der Waals surface area (Å²) in [5, 5.41) is 4.32. The van der Waals surface area contributed by atoms with E-state index in [2.05, 4.69) is 38.0 Å². The van der Waals surface area contributed by atoms with Gasteiger partial charge >= 0.3 is 0 Å². The van der Waals surface area contributed by atoms with Gasteiger partial charge in [-0.2, -0.15) is 5.10 Å². The first kappa shape index (κ1) is 15.1. The maximum absolute atomic E-state index is 7.21. The Morgan fingerprint density at radius 3 is 2.73 bits per heavy atom. The number of hydrogen-bond acceptors (Lipinski definition) is 3. The third-order valence-corrected chi connectivity index (χ3v) is 4.71. The standard InChI is InChI=1S/C16H17BrN4O/c1-19-11-16(21-9-14(17)15(18)20-21)7-13(8-16)22-10-12-5-3-2-4-6-12/h2-6,9,13H,7-8,10-11H2,(H2,18,20). The molecule has 1 fully saturated rings. The van der Waals surface area contributed by atoms with Gasteiger partial charge in [-0.1, -0.05) is 30.3 Å².